The summed E-state index contributed by atoms with van der Waals surface area (Å²) in [5.74, 6) is -1.58. The van der Waals surface area contributed by atoms with Crippen molar-refractivity contribution in [1.82, 2.24) is 4.90 Å². The molecule has 1 N–H and O–H groups in total. The van der Waals surface area contributed by atoms with Crippen LogP contribution in [0.1, 0.15) is 22.8 Å². The summed E-state index contributed by atoms with van der Waals surface area (Å²) in [5.41, 5.74) is 0.785. The van der Waals surface area contributed by atoms with E-state index in [9.17, 15) is 14.0 Å². The Bertz CT molecular complexity index is 473. The van der Waals surface area contributed by atoms with Gasteiger partial charge in [-0.1, -0.05) is 0 Å². The Labute approximate surface area is 105 Å². The number of aliphatic carboxylic acids is 1. The summed E-state index contributed by atoms with van der Waals surface area (Å²) >= 11 is 0. The lowest BCUT2D eigenvalue weighted by molar-refractivity contribution is -0.138. The number of aryl methyl sites for hydroxylation is 1. The number of rotatable bonds is 5. The second kappa shape index (κ2) is 5.73. The van der Waals surface area contributed by atoms with E-state index in [2.05, 4.69) is 0 Å². The van der Waals surface area contributed by atoms with Crippen LogP contribution >= 0.6 is 0 Å². The van der Waals surface area contributed by atoms with Crippen molar-refractivity contribution < 1.29 is 19.1 Å². The Hall–Kier alpha value is -1.75. The predicted octanol–water partition coefficient (Wildman–Crippen LogP) is 1.72. The Morgan fingerprint density at radius 1 is 1.44 bits per heavy atom. The maximum Gasteiger partial charge on any atom is 0.317 e. The maximum atomic E-state index is 13.1. The number of hydrogen-bond donors (Lipinski definition) is 1. The summed E-state index contributed by atoms with van der Waals surface area (Å²) in [6.45, 7) is 2.99. The van der Waals surface area contributed by atoms with Crippen molar-refractivity contribution in [1.29, 1.82) is 0 Å². The minimum absolute atomic E-state index is 0.215. The number of carboxylic acid groups (broad SMARTS) is 1. The second-order valence-electron chi connectivity index (χ2n) is 4.31. The number of likely N-dealkylation sites (N-methyl/N-ethyl adjacent to an activating group) is 1. The summed E-state index contributed by atoms with van der Waals surface area (Å²) in [7, 11) is 1.56. The van der Waals surface area contributed by atoms with Gasteiger partial charge in [-0.05, 0) is 44.7 Å². The van der Waals surface area contributed by atoms with Crippen molar-refractivity contribution in [3.63, 3.8) is 0 Å². The van der Waals surface area contributed by atoms with Crippen LogP contribution in [0.2, 0.25) is 0 Å². The molecule has 5 heteroatoms. The smallest absolute Gasteiger partial charge is 0.317 e. The molecule has 0 heterocycles. The monoisotopic (exact) mass is 253 g/mol. The molecule has 1 atom stereocenters. The number of Topliss-reactive ketones (excluding diaryl/α,β-unsaturated/α-hetero) is 1. The highest BCUT2D eigenvalue weighted by atomic mass is 19.1. The van der Waals surface area contributed by atoms with Crippen molar-refractivity contribution in [2.75, 3.05) is 13.6 Å². The van der Waals surface area contributed by atoms with Crippen LogP contribution in [-0.4, -0.2) is 41.4 Å². The van der Waals surface area contributed by atoms with E-state index in [1.807, 2.05) is 0 Å². The van der Waals surface area contributed by atoms with Crippen molar-refractivity contribution in [3.05, 3.63) is 35.1 Å². The lowest BCUT2D eigenvalue weighted by atomic mass is 10.0. The molecule has 0 saturated carbocycles. The molecule has 0 aliphatic heterocycles. The number of halogens is 1. The highest BCUT2D eigenvalue weighted by molar-refractivity contribution is 6.00. The minimum Gasteiger partial charge on any atom is -0.480 e. The first-order valence-corrected chi connectivity index (χ1v) is 5.55. The summed E-state index contributed by atoms with van der Waals surface area (Å²) < 4.78 is 13.1. The lowest BCUT2D eigenvalue weighted by Gasteiger charge is -2.21. The van der Waals surface area contributed by atoms with E-state index in [4.69, 9.17) is 5.11 Å². The number of hydrogen-bond acceptors (Lipinski definition) is 3. The predicted molar refractivity (Wildman–Crippen MR) is 65.2 cm³/mol. The summed E-state index contributed by atoms with van der Waals surface area (Å²) in [5, 5.41) is 8.66. The molecule has 4 nitrogen and oxygen atoms in total. The average molecular weight is 253 g/mol. The van der Waals surface area contributed by atoms with E-state index in [-0.39, 0.29) is 18.1 Å². The van der Waals surface area contributed by atoms with Gasteiger partial charge in [-0.3, -0.25) is 14.5 Å². The van der Waals surface area contributed by atoms with Gasteiger partial charge in [-0.15, -0.1) is 0 Å². The number of carbonyl (C=O) groups is 2. The van der Waals surface area contributed by atoms with Gasteiger partial charge in [0.25, 0.3) is 0 Å². The molecule has 0 fully saturated rings. The molecular weight excluding hydrogens is 237 g/mol. The van der Waals surface area contributed by atoms with Crippen LogP contribution in [0, 0.1) is 12.7 Å². The van der Waals surface area contributed by atoms with Gasteiger partial charge >= 0.3 is 5.97 Å². The van der Waals surface area contributed by atoms with Crippen LogP contribution < -0.4 is 0 Å². The maximum absolute atomic E-state index is 13.1. The van der Waals surface area contributed by atoms with E-state index in [0.29, 0.717) is 11.1 Å². The Morgan fingerprint density at radius 3 is 2.56 bits per heavy atom. The largest absolute Gasteiger partial charge is 0.480 e. The number of benzene rings is 1. The van der Waals surface area contributed by atoms with Crippen molar-refractivity contribution in [3.8, 4) is 0 Å². The van der Waals surface area contributed by atoms with Crippen LogP contribution in [0.3, 0.4) is 0 Å². The molecule has 0 amide bonds. The van der Waals surface area contributed by atoms with E-state index < -0.39 is 12.0 Å². The molecule has 0 aliphatic rings. The molecule has 98 valence electrons. The quantitative estimate of drug-likeness (QED) is 0.812. The second-order valence-corrected chi connectivity index (χ2v) is 4.31. The van der Waals surface area contributed by atoms with Gasteiger partial charge in [0, 0.05) is 5.56 Å². The van der Waals surface area contributed by atoms with Crippen molar-refractivity contribution in [2.45, 2.75) is 19.9 Å². The normalized spacial score (nSPS) is 12.5. The zero-order valence-electron chi connectivity index (χ0n) is 10.6. The third-order valence-corrected chi connectivity index (χ3v) is 2.87. The van der Waals surface area contributed by atoms with Crippen LogP contribution in [-0.2, 0) is 4.79 Å². The van der Waals surface area contributed by atoms with Crippen LogP contribution in [0.15, 0.2) is 18.2 Å². The highest BCUT2D eigenvalue weighted by Crippen LogP contribution is 2.13. The molecule has 0 aromatic heterocycles. The topological polar surface area (TPSA) is 57.6 Å². The molecule has 1 aromatic rings. The first kappa shape index (κ1) is 14.3. The third kappa shape index (κ3) is 3.37. The SMILES string of the molecule is Cc1cc(C(=O)C(C)N(C)CC(=O)O)ccc1F. The summed E-state index contributed by atoms with van der Waals surface area (Å²) in [6.07, 6.45) is 0. The van der Waals surface area contributed by atoms with Crippen molar-refractivity contribution >= 4 is 11.8 Å². The molecule has 1 rings (SSSR count). The van der Waals surface area contributed by atoms with Gasteiger partial charge in [0.1, 0.15) is 5.82 Å². The molecule has 1 aromatic carbocycles. The van der Waals surface area contributed by atoms with E-state index in [0.717, 1.165) is 0 Å². The van der Waals surface area contributed by atoms with Gasteiger partial charge in [0.2, 0.25) is 0 Å². The number of nitrogens with zero attached hydrogens (tertiary/aromatic N) is 1. The van der Waals surface area contributed by atoms with Gasteiger partial charge in [0.15, 0.2) is 5.78 Å². The Morgan fingerprint density at radius 2 is 2.06 bits per heavy atom. The van der Waals surface area contributed by atoms with Gasteiger partial charge < -0.3 is 5.11 Å². The Balaban J connectivity index is 2.86. The summed E-state index contributed by atoms with van der Waals surface area (Å²) in [4.78, 5) is 24.1. The molecule has 0 bridgehead atoms. The fourth-order valence-electron chi connectivity index (χ4n) is 1.59. The number of carbonyl (C=O) groups excluding carboxylic acids is 1. The first-order chi connectivity index (χ1) is 8.32. The molecular formula is C13H16FNO3. The highest BCUT2D eigenvalue weighted by Gasteiger charge is 2.21. The standard InChI is InChI=1S/C13H16FNO3/c1-8-6-10(4-5-11(8)14)13(18)9(2)15(3)7-12(16)17/h4-6,9H,7H2,1-3H3,(H,16,17). The van der Waals surface area contributed by atoms with Gasteiger partial charge in [-0.25, -0.2) is 4.39 Å². The third-order valence-electron chi connectivity index (χ3n) is 2.87. The minimum atomic E-state index is -0.993. The number of ketones is 1. The average Bonchev–Trinajstić information content (AvgIpc) is 2.30. The van der Waals surface area contributed by atoms with Crippen molar-refractivity contribution in [2.24, 2.45) is 0 Å². The molecule has 0 radical (unpaired) electrons. The van der Waals surface area contributed by atoms with Gasteiger partial charge in [-0.2, -0.15) is 0 Å². The zero-order chi connectivity index (χ0) is 13.9. The Kier molecular flexibility index (Phi) is 4.55. The first-order valence-electron chi connectivity index (χ1n) is 5.55. The fraction of sp³-hybridized carbons (Fsp3) is 0.385. The molecule has 0 saturated heterocycles. The van der Waals surface area contributed by atoms with E-state index in [1.54, 1.807) is 20.9 Å². The molecule has 18 heavy (non-hydrogen) atoms. The molecule has 0 spiro atoms. The zero-order valence-corrected chi connectivity index (χ0v) is 10.6. The fourth-order valence-corrected chi connectivity index (χ4v) is 1.59. The molecule has 1 unspecified atom stereocenters. The molecule has 0 aliphatic carbocycles. The summed E-state index contributed by atoms with van der Waals surface area (Å²) in [6, 6.07) is 3.57. The van der Waals surface area contributed by atoms with E-state index >= 15 is 0 Å². The number of carboxylic acids is 1. The van der Waals surface area contributed by atoms with Crippen LogP contribution in [0.4, 0.5) is 4.39 Å². The lowest BCUT2D eigenvalue weighted by Crippen LogP contribution is -2.39. The van der Waals surface area contributed by atoms with Gasteiger partial charge in [0.05, 0.1) is 12.6 Å². The van der Waals surface area contributed by atoms with E-state index in [1.165, 1.54) is 23.1 Å². The van der Waals surface area contributed by atoms with Crippen LogP contribution in [0.5, 0.6) is 0 Å². The van der Waals surface area contributed by atoms with Crippen LogP contribution in [0.25, 0.3) is 0 Å².